The molecule has 2 aromatic carbocycles. The molecule has 2 heterocycles. The Hall–Kier alpha value is -3.78. The normalized spacial score (nSPS) is 10.7. The number of thioether (sulfide) groups is 1. The van der Waals surface area contributed by atoms with Gasteiger partial charge in [-0.2, -0.15) is 0 Å². The van der Waals surface area contributed by atoms with Crippen molar-refractivity contribution in [2.45, 2.75) is 11.7 Å². The summed E-state index contributed by atoms with van der Waals surface area (Å²) in [4.78, 5) is 29.4. The number of carbonyl (C=O) groups is 2. The Bertz CT molecular complexity index is 1200. The van der Waals surface area contributed by atoms with Crippen molar-refractivity contribution in [3.63, 3.8) is 0 Å². The fourth-order valence-corrected chi connectivity index (χ4v) is 3.93. The molecule has 0 saturated heterocycles. The molecule has 0 aliphatic carbocycles. The average molecular weight is 448 g/mol. The van der Waals surface area contributed by atoms with Crippen molar-refractivity contribution >= 4 is 23.5 Å². The predicted octanol–water partition coefficient (Wildman–Crippen LogP) is 4.38. The molecule has 4 aromatic rings. The van der Waals surface area contributed by atoms with E-state index in [1.54, 1.807) is 74.3 Å². The molecule has 1 amide bonds. The van der Waals surface area contributed by atoms with Crippen LogP contribution in [0.1, 0.15) is 26.5 Å². The van der Waals surface area contributed by atoms with Crippen LogP contribution < -0.4 is 10.1 Å². The number of nitrogens with zero attached hydrogens (tertiary/aromatic N) is 2. The van der Waals surface area contributed by atoms with E-state index in [0.29, 0.717) is 34.3 Å². The minimum absolute atomic E-state index is 0.00161. The van der Waals surface area contributed by atoms with Crippen LogP contribution in [-0.4, -0.2) is 34.1 Å². The van der Waals surface area contributed by atoms with E-state index in [2.05, 4.69) is 10.3 Å². The molecule has 4 rings (SSSR count). The number of ether oxygens (including phenoxy) is 1. The number of amides is 1. The summed E-state index contributed by atoms with van der Waals surface area (Å²) in [6, 6.07) is 17.8. The summed E-state index contributed by atoms with van der Waals surface area (Å²) in [5.74, 6) is 1.43. The maximum Gasteiger partial charge on any atom is 0.251 e. The smallest absolute Gasteiger partial charge is 0.251 e. The SMILES string of the molecule is COc1ccc(C(=O)CSc2nccn2-c2cccc(C(=O)NCc3ccco3)c2)cc1. The summed E-state index contributed by atoms with van der Waals surface area (Å²) in [6.07, 6.45) is 5.05. The van der Waals surface area contributed by atoms with Crippen LogP contribution in [0.5, 0.6) is 5.75 Å². The molecule has 0 saturated carbocycles. The quantitative estimate of drug-likeness (QED) is 0.303. The van der Waals surface area contributed by atoms with Crippen LogP contribution in [0.4, 0.5) is 0 Å². The molecule has 0 spiro atoms. The first kappa shape index (κ1) is 21.5. The summed E-state index contributed by atoms with van der Waals surface area (Å²) >= 11 is 1.34. The van der Waals surface area contributed by atoms with Gasteiger partial charge >= 0.3 is 0 Å². The predicted molar refractivity (Wildman–Crippen MR) is 121 cm³/mol. The molecule has 32 heavy (non-hydrogen) atoms. The van der Waals surface area contributed by atoms with Crippen molar-refractivity contribution in [2.24, 2.45) is 0 Å². The Labute approximate surface area is 189 Å². The van der Waals surface area contributed by atoms with Gasteiger partial charge in [0.05, 0.1) is 25.7 Å². The van der Waals surface area contributed by atoms with Gasteiger partial charge in [-0.3, -0.25) is 14.2 Å². The number of hydrogen-bond acceptors (Lipinski definition) is 6. The fraction of sp³-hybridized carbons (Fsp3) is 0.125. The average Bonchev–Trinajstić information content (AvgIpc) is 3.53. The summed E-state index contributed by atoms with van der Waals surface area (Å²) in [6.45, 7) is 0.315. The van der Waals surface area contributed by atoms with E-state index in [0.717, 1.165) is 5.69 Å². The van der Waals surface area contributed by atoms with Gasteiger partial charge < -0.3 is 14.5 Å². The number of hydrogen-bond donors (Lipinski definition) is 1. The number of ketones is 1. The lowest BCUT2D eigenvalue weighted by molar-refractivity contribution is 0.0947. The molecule has 0 unspecified atom stereocenters. The number of methoxy groups -OCH3 is 1. The van der Waals surface area contributed by atoms with Crippen molar-refractivity contribution in [1.82, 2.24) is 14.9 Å². The zero-order chi connectivity index (χ0) is 22.3. The number of furan rings is 1. The molecule has 0 fully saturated rings. The van der Waals surface area contributed by atoms with Gasteiger partial charge in [-0.25, -0.2) is 4.98 Å². The standard InChI is InChI=1S/C24H21N3O4S/c1-30-20-9-7-17(8-10-20)22(28)16-32-24-25-11-12-27(24)19-5-2-4-18(14-19)23(29)26-15-21-6-3-13-31-21/h2-14H,15-16H2,1H3,(H,26,29). The van der Waals surface area contributed by atoms with Crippen LogP contribution in [0.2, 0.25) is 0 Å². The van der Waals surface area contributed by atoms with E-state index in [9.17, 15) is 9.59 Å². The van der Waals surface area contributed by atoms with Crippen LogP contribution in [-0.2, 0) is 6.54 Å². The van der Waals surface area contributed by atoms with Crippen molar-refractivity contribution in [3.05, 3.63) is 96.2 Å². The summed E-state index contributed by atoms with van der Waals surface area (Å²) < 4.78 is 12.2. The summed E-state index contributed by atoms with van der Waals surface area (Å²) in [5, 5.41) is 3.51. The van der Waals surface area contributed by atoms with Gasteiger partial charge in [0.1, 0.15) is 11.5 Å². The van der Waals surface area contributed by atoms with Gasteiger partial charge in [0.15, 0.2) is 10.9 Å². The minimum atomic E-state index is -0.202. The lowest BCUT2D eigenvalue weighted by atomic mass is 10.1. The van der Waals surface area contributed by atoms with Crippen molar-refractivity contribution in [1.29, 1.82) is 0 Å². The Morgan fingerprint density at radius 3 is 2.69 bits per heavy atom. The van der Waals surface area contributed by atoms with Crippen LogP contribution in [0.3, 0.4) is 0 Å². The van der Waals surface area contributed by atoms with E-state index in [4.69, 9.17) is 9.15 Å². The first-order valence-corrected chi connectivity index (χ1v) is 10.9. The van der Waals surface area contributed by atoms with Crippen molar-refractivity contribution in [3.8, 4) is 11.4 Å². The number of imidazole rings is 1. The minimum Gasteiger partial charge on any atom is -0.497 e. The molecule has 1 N–H and O–H groups in total. The van der Waals surface area contributed by atoms with Crippen LogP contribution in [0, 0.1) is 0 Å². The van der Waals surface area contributed by atoms with E-state index in [1.165, 1.54) is 11.8 Å². The van der Waals surface area contributed by atoms with E-state index in [-0.39, 0.29) is 17.4 Å². The number of carbonyl (C=O) groups excluding carboxylic acids is 2. The summed E-state index contributed by atoms with van der Waals surface area (Å²) in [7, 11) is 1.59. The molecule has 7 nitrogen and oxygen atoms in total. The van der Waals surface area contributed by atoms with E-state index >= 15 is 0 Å². The molecule has 0 bridgehead atoms. The fourth-order valence-electron chi connectivity index (χ4n) is 3.06. The summed E-state index contributed by atoms with van der Waals surface area (Å²) in [5.41, 5.74) is 1.92. The zero-order valence-electron chi connectivity index (χ0n) is 17.4. The second kappa shape index (κ2) is 10.0. The molecule has 2 aromatic heterocycles. The highest BCUT2D eigenvalue weighted by Crippen LogP contribution is 2.23. The number of rotatable bonds is 9. The Balaban J connectivity index is 1.42. The molecule has 162 valence electrons. The molecule has 8 heteroatoms. The topological polar surface area (TPSA) is 86.4 Å². The van der Waals surface area contributed by atoms with Crippen LogP contribution in [0.25, 0.3) is 5.69 Å². The van der Waals surface area contributed by atoms with E-state index in [1.807, 2.05) is 16.7 Å². The number of benzene rings is 2. The molecular formula is C24H21N3O4S. The van der Waals surface area contributed by atoms with Gasteiger partial charge in [-0.05, 0) is 54.6 Å². The van der Waals surface area contributed by atoms with Gasteiger partial charge in [0.25, 0.3) is 5.91 Å². The van der Waals surface area contributed by atoms with Crippen LogP contribution in [0.15, 0.2) is 88.9 Å². The Morgan fingerprint density at radius 1 is 1.09 bits per heavy atom. The number of Topliss-reactive ketones (excluding diaryl/α,β-unsaturated/α-hetero) is 1. The van der Waals surface area contributed by atoms with Crippen molar-refractivity contribution in [2.75, 3.05) is 12.9 Å². The zero-order valence-corrected chi connectivity index (χ0v) is 18.2. The third-order valence-electron chi connectivity index (χ3n) is 4.74. The van der Waals surface area contributed by atoms with Crippen LogP contribution >= 0.6 is 11.8 Å². The lowest BCUT2D eigenvalue weighted by Crippen LogP contribution is -2.22. The lowest BCUT2D eigenvalue weighted by Gasteiger charge is -2.10. The molecule has 0 aliphatic rings. The number of aromatic nitrogens is 2. The Kier molecular flexibility index (Phi) is 6.72. The van der Waals surface area contributed by atoms with Crippen molar-refractivity contribution < 1.29 is 18.7 Å². The first-order valence-electron chi connectivity index (χ1n) is 9.88. The highest BCUT2D eigenvalue weighted by atomic mass is 32.2. The molecule has 0 aliphatic heterocycles. The second-order valence-corrected chi connectivity index (χ2v) is 7.78. The number of nitrogens with one attached hydrogen (secondary N) is 1. The van der Waals surface area contributed by atoms with Gasteiger partial charge in [0, 0.05) is 29.2 Å². The van der Waals surface area contributed by atoms with Gasteiger partial charge in [-0.1, -0.05) is 17.8 Å². The molecule has 0 radical (unpaired) electrons. The molecule has 0 atom stereocenters. The van der Waals surface area contributed by atoms with Gasteiger partial charge in [-0.15, -0.1) is 0 Å². The Morgan fingerprint density at radius 2 is 1.94 bits per heavy atom. The largest absolute Gasteiger partial charge is 0.497 e. The maximum atomic E-state index is 12.5. The monoisotopic (exact) mass is 447 g/mol. The maximum absolute atomic E-state index is 12.5. The highest BCUT2D eigenvalue weighted by molar-refractivity contribution is 7.99. The third-order valence-corrected chi connectivity index (χ3v) is 5.71. The first-order chi connectivity index (χ1) is 15.6. The van der Waals surface area contributed by atoms with Gasteiger partial charge in [0.2, 0.25) is 0 Å². The molecular weight excluding hydrogens is 426 g/mol. The van der Waals surface area contributed by atoms with E-state index < -0.39 is 0 Å². The second-order valence-electron chi connectivity index (χ2n) is 6.83. The third kappa shape index (κ3) is 5.09. The highest BCUT2D eigenvalue weighted by Gasteiger charge is 2.13.